The van der Waals surface area contributed by atoms with Gasteiger partial charge in [-0.1, -0.05) is 181 Å². The Hall–Kier alpha value is -8.38. The van der Waals surface area contributed by atoms with E-state index in [2.05, 4.69) is 264 Å². The van der Waals surface area contributed by atoms with Crippen molar-refractivity contribution in [3.63, 3.8) is 0 Å². The summed E-state index contributed by atoms with van der Waals surface area (Å²) in [6, 6.07) is 84.6. The normalized spacial score (nSPS) is 11.6. The van der Waals surface area contributed by atoms with Crippen molar-refractivity contribution in [3.05, 3.63) is 272 Å². The summed E-state index contributed by atoms with van der Waals surface area (Å²) in [5, 5.41) is 0. The minimum Gasteiger partial charge on any atom is -0.311 e. The number of hydrogen-bond acceptors (Lipinski definition) is 2. The summed E-state index contributed by atoms with van der Waals surface area (Å²) in [7, 11) is 0. The van der Waals surface area contributed by atoms with Gasteiger partial charge in [0.1, 0.15) is 0 Å². The maximum atomic E-state index is 3.24. The van der Waals surface area contributed by atoms with Crippen LogP contribution in [0.1, 0.15) is 5.56 Å². The fourth-order valence-electron chi connectivity index (χ4n) is 8.11. The third-order valence-corrected chi connectivity index (χ3v) is 11.4. The second kappa shape index (κ2) is 17.5. The molecule has 9 aromatic carbocycles. The van der Waals surface area contributed by atoms with E-state index in [9.17, 15) is 0 Å². The van der Waals surface area contributed by atoms with Gasteiger partial charge in [0.25, 0.3) is 0 Å². The van der Waals surface area contributed by atoms with E-state index in [-0.39, 0.29) is 0 Å². The average Bonchev–Trinajstić information content (AvgIpc) is 3.36. The van der Waals surface area contributed by atoms with Gasteiger partial charge in [0.15, 0.2) is 0 Å². The van der Waals surface area contributed by atoms with Crippen LogP contribution in [0.3, 0.4) is 0 Å². The zero-order chi connectivity index (χ0) is 41.5. The SMILES string of the molecule is C1=C=C(c2ccc(N(c3ccc(-c4ccccc4)cc3)c3ccc(-c4ccc(N(c5ccc(-c6ccccc6)cc5)c5ccc(-c6ccccc6)cc5)cc4)cc3)cc2)C=CC=1. The lowest BCUT2D eigenvalue weighted by Crippen LogP contribution is -2.10. The molecule has 0 saturated carbocycles. The van der Waals surface area contributed by atoms with Crippen molar-refractivity contribution in [1.82, 2.24) is 0 Å². The highest BCUT2D eigenvalue weighted by atomic mass is 15.1. The molecular weight excluding hydrogens is 749 g/mol. The molecule has 292 valence electrons. The Labute approximate surface area is 364 Å². The maximum absolute atomic E-state index is 3.24. The summed E-state index contributed by atoms with van der Waals surface area (Å²) in [4.78, 5) is 4.65. The van der Waals surface area contributed by atoms with Crippen molar-refractivity contribution in [2.75, 3.05) is 9.80 Å². The van der Waals surface area contributed by atoms with Crippen LogP contribution in [-0.2, 0) is 0 Å². The summed E-state index contributed by atoms with van der Waals surface area (Å²) in [6.45, 7) is 0. The van der Waals surface area contributed by atoms with Gasteiger partial charge in [0.05, 0.1) is 0 Å². The average molecular weight is 791 g/mol. The second-order valence-electron chi connectivity index (χ2n) is 15.3. The van der Waals surface area contributed by atoms with Crippen LogP contribution in [0, 0.1) is 0 Å². The predicted octanol–water partition coefficient (Wildman–Crippen LogP) is 16.6. The Morgan fingerprint density at radius 3 is 0.726 bits per heavy atom. The predicted molar refractivity (Wildman–Crippen MR) is 262 cm³/mol. The van der Waals surface area contributed by atoms with Crippen molar-refractivity contribution >= 4 is 39.7 Å². The van der Waals surface area contributed by atoms with E-state index in [1.807, 2.05) is 12.2 Å². The van der Waals surface area contributed by atoms with Crippen molar-refractivity contribution in [2.24, 2.45) is 0 Å². The smallest absolute Gasteiger partial charge is 0.0462 e. The van der Waals surface area contributed by atoms with E-state index in [0.29, 0.717) is 0 Å². The minimum atomic E-state index is 1.03. The first-order chi connectivity index (χ1) is 30.7. The van der Waals surface area contributed by atoms with Crippen molar-refractivity contribution in [3.8, 4) is 44.5 Å². The van der Waals surface area contributed by atoms with E-state index in [4.69, 9.17) is 0 Å². The standard InChI is InChI=1S/C60H42N2/c1-5-13-45(14-6-1)49-21-33-55(34-22-49)61(56-35-23-50(24-36-56)46-15-7-2-8-16-46)59-41-29-53(30-42-59)54-31-43-60(44-32-54)62(57-37-25-51(26-38-57)47-17-9-3-10-18-47)58-39-27-52(28-40-58)48-19-11-4-12-20-48/h1-11,13-19,21-44H. The first-order valence-corrected chi connectivity index (χ1v) is 21.0. The number of hydrogen-bond donors (Lipinski definition) is 0. The molecule has 0 N–H and O–H groups in total. The molecule has 1 aliphatic carbocycles. The molecule has 0 atom stereocenters. The largest absolute Gasteiger partial charge is 0.311 e. The van der Waals surface area contributed by atoms with Crippen molar-refractivity contribution < 1.29 is 0 Å². The van der Waals surface area contributed by atoms with E-state index in [1.54, 1.807) is 0 Å². The molecule has 9 aromatic rings. The highest BCUT2D eigenvalue weighted by Crippen LogP contribution is 2.40. The lowest BCUT2D eigenvalue weighted by Gasteiger charge is -2.27. The molecule has 0 aliphatic heterocycles. The zero-order valence-corrected chi connectivity index (χ0v) is 34.1. The fraction of sp³-hybridized carbons (Fsp3) is 0. The van der Waals surface area contributed by atoms with Gasteiger partial charge in [0.2, 0.25) is 0 Å². The molecule has 0 unspecified atom stereocenters. The zero-order valence-electron chi connectivity index (χ0n) is 34.1. The molecule has 0 bridgehead atoms. The number of benzene rings is 9. The van der Waals surface area contributed by atoms with Crippen molar-refractivity contribution in [1.29, 1.82) is 0 Å². The number of rotatable bonds is 11. The molecule has 0 amide bonds. The van der Waals surface area contributed by atoms with Gasteiger partial charge in [-0.15, -0.1) is 0 Å². The first kappa shape index (κ1) is 37.9. The first-order valence-electron chi connectivity index (χ1n) is 21.0. The molecule has 0 radical (unpaired) electrons. The molecule has 0 saturated heterocycles. The fourth-order valence-corrected chi connectivity index (χ4v) is 8.11. The summed E-state index contributed by atoms with van der Waals surface area (Å²) >= 11 is 0. The monoisotopic (exact) mass is 790 g/mol. The molecule has 1 aliphatic rings. The highest BCUT2D eigenvalue weighted by molar-refractivity contribution is 5.84. The molecule has 2 heteroatoms. The Morgan fingerprint density at radius 2 is 0.484 bits per heavy atom. The lowest BCUT2D eigenvalue weighted by atomic mass is 10.0. The number of nitrogens with zero attached hydrogens (tertiary/aromatic N) is 2. The molecule has 0 fully saturated rings. The van der Waals surface area contributed by atoms with Crippen LogP contribution in [0.5, 0.6) is 0 Å². The van der Waals surface area contributed by atoms with Gasteiger partial charge in [-0.25, -0.2) is 0 Å². The number of anilines is 6. The molecule has 0 spiro atoms. The Kier molecular flexibility index (Phi) is 10.7. The third-order valence-electron chi connectivity index (χ3n) is 11.4. The van der Waals surface area contributed by atoms with Gasteiger partial charge in [-0.2, -0.15) is 0 Å². The summed E-state index contributed by atoms with van der Waals surface area (Å²) in [5.41, 5.74) is 24.5. The third kappa shape index (κ3) is 8.12. The van der Waals surface area contributed by atoms with E-state index < -0.39 is 0 Å². The van der Waals surface area contributed by atoms with Gasteiger partial charge < -0.3 is 9.80 Å². The summed E-state index contributed by atoms with van der Waals surface area (Å²) < 4.78 is 0. The summed E-state index contributed by atoms with van der Waals surface area (Å²) in [6.07, 6.45) is 5.95. The molecule has 62 heavy (non-hydrogen) atoms. The van der Waals surface area contributed by atoms with Crippen molar-refractivity contribution in [2.45, 2.75) is 0 Å². The molecular formula is C60H42N2. The summed E-state index contributed by atoms with van der Waals surface area (Å²) in [5.74, 6) is 0. The number of allylic oxidation sites excluding steroid dienone is 4. The molecule has 0 aromatic heterocycles. The second-order valence-corrected chi connectivity index (χ2v) is 15.3. The van der Waals surface area contributed by atoms with Crippen LogP contribution in [0.15, 0.2) is 266 Å². The molecule has 0 heterocycles. The van der Waals surface area contributed by atoms with E-state index >= 15 is 0 Å². The van der Waals surface area contributed by atoms with Crippen LogP contribution in [-0.4, -0.2) is 0 Å². The van der Waals surface area contributed by atoms with Gasteiger partial charge in [0, 0.05) is 39.7 Å². The quantitative estimate of drug-likeness (QED) is 0.120. The lowest BCUT2D eigenvalue weighted by molar-refractivity contribution is 1.28. The van der Waals surface area contributed by atoms with Gasteiger partial charge in [-0.3, -0.25) is 0 Å². The van der Waals surface area contributed by atoms with E-state index in [0.717, 1.165) is 56.4 Å². The van der Waals surface area contributed by atoms with Crippen LogP contribution >= 0.6 is 0 Å². The van der Waals surface area contributed by atoms with Crippen LogP contribution < -0.4 is 9.80 Å². The minimum absolute atomic E-state index is 1.03. The van der Waals surface area contributed by atoms with Gasteiger partial charge >= 0.3 is 0 Å². The Morgan fingerprint density at radius 1 is 0.242 bits per heavy atom. The maximum Gasteiger partial charge on any atom is 0.0462 e. The van der Waals surface area contributed by atoms with E-state index in [1.165, 1.54) is 33.4 Å². The van der Waals surface area contributed by atoms with Gasteiger partial charge in [-0.05, 0) is 135 Å². The van der Waals surface area contributed by atoms with Crippen LogP contribution in [0.4, 0.5) is 34.1 Å². The molecule has 10 rings (SSSR count). The Bertz CT molecular complexity index is 2960. The highest BCUT2D eigenvalue weighted by Gasteiger charge is 2.16. The molecule has 2 nitrogen and oxygen atoms in total. The van der Waals surface area contributed by atoms with Crippen LogP contribution in [0.2, 0.25) is 0 Å². The topological polar surface area (TPSA) is 6.48 Å². The van der Waals surface area contributed by atoms with Crippen LogP contribution in [0.25, 0.3) is 50.1 Å². The Balaban J connectivity index is 0.961.